The van der Waals surface area contributed by atoms with Crippen LogP contribution < -0.4 is 15.8 Å². The Balaban J connectivity index is 1.16. The van der Waals surface area contributed by atoms with Crippen LogP contribution in [-0.4, -0.2) is 24.7 Å². The smallest absolute Gasteiger partial charge is 0.219 e. The molecule has 3 N–H and O–H groups in total. The lowest BCUT2D eigenvalue weighted by molar-refractivity contribution is 0.462. The summed E-state index contributed by atoms with van der Waals surface area (Å²) in [6.07, 6.45) is 7.31. The molecule has 0 amide bonds. The van der Waals surface area contributed by atoms with E-state index in [9.17, 15) is 0 Å². The molecule has 6 rings (SSSR count). The minimum atomic E-state index is 0.541. The van der Waals surface area contributed by atoms with Crippen LogP contribution >= 0.6 is 0 Å². The highest BCUT2D eigenvalue weighted by molar-refractivity contribution is 5.91. The molecule has 4 heterocycles. The van der Waals surface area contributed by atoms with Crippen molar-refractivity contribution in [2.75, 3.05) is 11.1 Å². The molecular formula is C28H23N7O. The largest absolute Gasteiger partial charge is 0.439 e. The quantitative estimate of drug-likeness (QED) is 0.319. The standard InChI is InChI=1S/C28H23N7O/c29-27-23-8-6-19(14-21(23)10-12-30-27)15-33-28-24-18-35(34-25(24)11-13-31-28)17-20-7-9-26(32-16-20)36-22-4-2-1-3-5-22/h1-14,16,18H,15,17H2,(H2,29,30)(H,31,33). The van der Waals surface area contributed by atoms with Crippen LogP contribution in [0, 0.1) is 0 Å². The highest BCUT2D eigenvalue weighted by Gasteiger charge is 2.09. The van der Waals surface area contributed by atoms with Gasteiger partial charge >= 0.3 is 0 Å². The van der Waals surface area contributed by atoms with Crippen molar-refractivity contribution in [1.29, 1.82) is 0 Å². The third-order valence-corrected chi connectivity index (χ3v) is 5.91. The van der Waals surface area contributed by atoms with E-state index in [1.165, 1.54) is 0 Å². The molecule has 0 saturated heterocycles. The second-order valence-corrected chi connectivity index (χ2v) is 8.44. The van der Waals surface area contributed by atoms with Crippen LogP contribution in [0.1, 0.15) is 11.1 Å². The molecule has 36 heavy (non-hydrogen) atoms. The average Bonchev–Trinajstić information content (AvgIpc) is 3.32. The first-order valence-electron chi connectivity index (χ1n) is 11.6. The molecule has 0 atom stereocenters. The van der Waals surface area contributed by atoms with Crippen LogP contribution in [0.15, 0.2) is 97.6 Å². The van der Waals surface area contributed by atoms with E-state index < -0.39 is 0 Å². The Morgan fingerprint density at radius 2 is 1.69 bits per heavy atom. The molecule has 0 unspecified atom stereocenters. The lowest BCUT2D eigenvalue weighted by Crippen LogP contribution is -2.02. The number of nitrogens with one attached hydrogen (secondary N) is 1. The average molecular weight is 474 g/mol. The molecule has 6 aromatic rings. The normalized spacial score (nSPS) is 11.1. The van der Waals surface area contributed by atoms with Crippen molar-refractivity contribution in [1.82, 2.24) is 24.7 Å². The number of aromatic nitrogens is 5. The Hall–Kier alpha value is -4.98. The number of hydrogen-bond acceptors (Lipinski definition) is 7. The zero-order valence-electron chi connectivity index (χ0n) is 19.4. The Morgan fingerprint density at radius 3 is 2.56 bits per heavy atom. The third kappa shape index (κ3) is 4.52. The van der Waals surface area contributed by atoms with Crippen molar-refractivity contribution >= 4 is 33.3 Å². The van der Waals surface area contributed by atoms with Crippen LogP contribution in [0.25, 0.3) is 21.7 Å². The monoisotopic (exact) mass is 473 g/mol. The first kappa shape index (κ1) is 21.5. The van der Waals surface area contributed by atoms with E-state index >= 15 is 0 Å². The summed E-state index contributed by atoms with van der Waals surface area (Å²) < 4.78 is 7.68. The van der Waals surface area contributed by atoms with Crippen LogP contribution in [0.3, 0.4) is 0 Å². The van der Waals surface area contributed by atoms with Crippen molar-refractivity contribution in [3.63, 3.8) is 0 Å². The fourth-order valence-electron chi connectivity index (χ4n) is 4.12. The summed E-state index contributed by atoms with van der Waals surface area (Å²) in [6, 6.07) is 23.5. The second-order valence-electron chi connectivity index (χ2n) is 8.44. The highest BCUT2D eigenvalue weighted by atomic mass is 16.5. The zero-order valence-corrected chi connectivity index (χ0v) is 19.4. The topological polar surface area (TPSA) is 104 Å². The Kier molecular flexibility index (Phi) is 5.59. The summed E-state index contributed by atoms with van der Waals surface area (Å²) >= 11 is 0. The van der Waals surface area contributed by atoms with Crippen molar-refractivity contribution in [3.05, 3.63) is 109 Å². The van der Waals surface area contributed by atoms with Gasteiger partial charge in [0, 0.05) is 42.8 Å². The van der Waals surface area contributed by atoms with Gasteiger partial charge in [0.2, 0.25) is 5.88 Å². The van der Waals surface area contributed by atoms with E-state index in [4.69, 9.17) is 15.6 Å². The summed E-state index contributed by atoms with van der Waals surface area (Å²) in [5.74, 6) is 2.64. The van der Waals surface area contributed by atoms with Gasteiger partial charge in [-0.25, -0.2) is 15.0 Å². The third-order valence-electron chi connectivity index (χ3n) is 5.91. The molecule has 0 radical (unpaired) electrons. The van der Waals surface area contributed by atoms with Crippen molar-refractivity contribution < 1.29 is 4.74 Å². The number of pyridine rings is 3. The van der Waals surface area contributed by atoms with Crippen LogP contribution in [0.2, 0.25) is 0 Å². The van der Waals surface area contributed by atoms with E-state index in [1.807, 2.05) is 77.7 Å². The minimum absolute atomic E-state index is 0.541. The van der Waals surface area contributed by atoms with Crippen molar-refractivity contribution in [3.8, 4) is 11.6 Å². The SMILES string of the molecule is Nc1nccc2cc(CNc3nccc4nn(Cc5ccc(Oc6ccccc6)nc5)cc34)ccc12. The maximum absolute atomic E-state index is 5.97. The molecule has 8 nitrogen and oxygen atoms in total. The highest BCUT2D eigenvalue weighted by Crippen LogP contribution is 2.24. The number of nitrogens with zero attached hydrogens (tertiary/aromatic N) is 5. The summed E-state index contributed by atoms with van der Waals surface area (Å²) in [5, 5.41) is 11.2. The van der Waals surface area contributed by atoms with Gasteiger partial charge in [0.05, 0.1) is 17.4 Å². The number of para-hydroxylation sites is 1. The van der Waals surface area contributed by atoms with E-state index in [-0.39, 0.29) is 0 Å². The number of anilines is 2. The summed E-state index contributed by atoms with van der Waals surface area (Å²) in [6.45, 7) is 1.22. The molecule has 0 spiro atoms. The maximum Gasteiger partial charge on any atom is 0.219 e. The Morgan fingerprint density at radius 1 is 0.833 bits per heavy atom. The molecule has 8 heteroatoms. The van der Waals surface area contributed by atoms with Crippen LogP contribution in [-0.2, 0) is 13.1 Å². The first-order chi connectivity index (χ1) is 17.7. The zero-order chi connectivity index (χ0) is 24.3. The fraction of sp³-hybridized carbons (Fsp3) is 0.0714. The molecule has 0 saturated carbocycles. The van der Waals surface area contributed by atoms with E-state index in [1.54, 1.807) is 12.4 Å². The molecule has 0 aliphatic carbocycles. The summed E-state index contributed by atoms with van der Waals surface area (Å²) in [5.41, 5.74) is 9.00. The Bertz CT molecular complexity index is 1650. The van der Waals surface area contributed by atoms with Crippen molar-refractivity contribution in [2.45, 2.75) is 13.1 Å². The van der Waals surface area contributed by atoms with Crippen molar-refractivity contribution in [2.24, 2.45) is 0 Å². The predicted octanol–water partition coefficient (Wildman–Crippen LogP) is 5.41. The Labute approximate surface area is 207 Å². The number of rotatable bonds is 7. The van der Waals surface area contributed by atoms with Gasteiger partial charge in [0.25, 0.3) is 0 Å². The first-order valence-corrected chi connectivity index (χ1v) is 11.6. The van der Waals surface area contributed by atoms with Gasteiger partial charge < -0.3 is 15.8 Å². The van der Waals surface area contributed by atoms with Crippen LogP contribution in [0.5, 0.6) is 11.6 Å². The van der Waals surface area contributed by atoms with Gasteiger partial charge in [-0.1, -0.05) is 36.4 Å². The van der Waals surface area contributed by atoms with E-state index in [0.29, 0.717) is 24.8 Å². The van der Waals surface area contributed by atoms with E-state index in [2.05, 4.69) is 32.4 Å². The van der Waals surface area contributed by atoms with Gasteiger partial charge in [-0.2, -0.15) is 5.10 Å². The van der Waals surface area contributed by atoms with Gasteiger partial charge in [-0.3, -0.25) is 4.68 Å². The molecule has 4 aromatic heterocycles. The summed E-state index contributed by atoms with van der Waals surface area (Å²) in [4.78, 5) is 13.1. The minimum Gasteiger partial charge on any atom is -0.439 e. The summed E-state index contributed by atoms with van der Waals surface area (Å²) in [7, 11) is 0. The number of hydrogen-bond donors (Lipinski definition) is 2. The maximum atomic E-state index is 5.97. The fourth-order valence-corrected chi connectivity index (χ4v) is 4.12. The van der Waals surface area contributed by atoms with Gasteiger partial charge in [-0.05, 0) is 46.8 Å². The lowest BCUT2D eigenvalue weighted by atomic mass is 10.1. The van der Waals surface area contributed by atoms with Crippen LogP contribution in [0.4, 0.5) is 11.6 Å². The second kappa shape index (κ2) is 9.34. The lowest BCUT2D eigenvalue weighted by Gasteiger charge is -2.08. The number of nitrogen functional groups attached to an aromatic ring is 1. The molecule has 0 aliphatic heterocycles. The molecule has 0 aliphatic rings. The molecular weight excluding hydrogens is 450 g/mol. The van der Waals surface area contributed by atoms with E-state index in [0.717, 1.165) is 44.4 Å². The number of ether oxygens (including phenoxy) is 1. The molecule has 0 bridgehead atoms. The predicted molar refractivity (Wildman–Crippen MR) is 141 cm³/mol. The van der Waals surface area contributed by atoms with Gasteiger partial charge in [0.15, 0.2) is 0 Å². The number of benzene rings is 2. The van der Waals surface area contributed by atoms with Gasteiger partial charge in [-0.15, -0.1) is 0 Å². The molecule has 176 valence electrons. The van der Waals surface area contributed by atoms with Gasteiger partial charge in [0.1, 0.15) is 17.4 Å². The number of fused-ring (bicyclic) bond motifs is 2. The number of nitrogens with two attached hydrogens (primary N) is 1. The molecule has 2 aromatic carbocycles. The molecule has 0 fully saturated rings.